The van der Waals surface area contributed by atoms with E-state index in [2.05, 4.69) is 4.98 Å². The largest absolute Gasteiger partial charge is 0.482 e. The molecule has 0 fully saturated rings. The van der Waals surface area contributed by atoms with Crippen LogP contribution in [0.25, 0.3) is 22.0 Å². The fourth-order valence-corrected chi connectivity index (χ4v) is 4.13. The quantitative estimate of drug-likeness (QED) is 0.472. The van der Waals surface area contributed by atoms with Crippen LogP contribution in [0, 0.1) is 5.82 Å². The molecule has 4 aromatic rings. The Morgan fingerprint density at radius 2 is 1.93 bits per heavy atom. The number of carbonyl (C=O) groups excluding carboxylic acids is 1. The zero-order chi connectivity index (χ0) is 20.5. The number of nitrogens with zero attached hydrogens (tertiary/aromatic N) is 3. The fraction of sp³-hybridized carbons (Fsp3) is 0.0870. The van der Waals surface area contributed by atoms with E-state index in [1.807, 2.05) is 41.8 Å². The Balaban J connectivity index is 1.49. The number of pyridine rings is 1. The molecule has 7 heteroatoms. The number of hydrogen-bond donors (Lipinski definition) is 0. The van der Waals surface area contributed by atoms with Crippen LogP contribution in [-0.4, -0.2) is 22.5 Å². The van der Waals surface area contributed by atoms with Crippen molar-refractivity contribution < 1.29 is 13.9 Å². The van der Waals surface area contributed by atoms with Gasteiger partial charge in [0.05, 0.1) is 23.6 Å². The number of carbonyl (C=O) groups is 1. The van der Waals surface area contributed by atoms with Crippen molar-refractivity contribution in [3.63, 3.8) is 0 Å². The van der Waals surface area contributed by atoms with Crippen molar-refractivity contribution in [3.8, 4) is 27.7 Å². The third-order valence-electron chi connectivity index (χ3n) is 4.84. The maximum absolute atomic E-state index is 13.2. The molecular formula is C23H16FN3O2S. The van der Waals surface area contributed by atoms with E-state index in [-0.39, 0.29) is 18.3 Å². The second kappa shape index (κ2) is 7.68. The van der Waals surface area contributed by atoms with Crippen molar-refractivity contribution in [2.45, 2.75) is 6.54 Å². The van der Waals surface area contributed by atoms with Crippen molar-refractivity contribution in [1.82, 2.24) is 9.97 Å². The second-order valence-corrected chi connectivity index (χ2v) is 7.69. The number of anilines is 1. The van der Waals surface area contributed by atoms with E-state index in [1.165, 1.54) is 23.5 Å². The molecule has 1 aliphatic rings. The number of aromatic nitrogens is 2. The van der Waals surface area contributed by atoms with Gasteiger partial charge in [0.1, 0.15) is 16.6 Å². The molecule has 0 N–H and O–H groups in total. The lowest BCUT2D eigenvalue weighted by Crippen LogP contribution is -2.38. The van der Waals surface area contributed by atoms with Gasteiger partial charge in [-0.25, -0.2) is 9.37 Å². The van der Waals surface area contributed by atoms with E-state index in [9.17, 15) is 9.18 Å². The number of fused-ring (bicyclic) bond motifs is 1. The first-order chi connectivity index (χ1) is 14.7. The minimum Gasteiger partial charge on any atom is -0.482 e. The lowest BCUT2D eigenvalue weighted by Gasteiger charge is -2.30. The third-order valence-corrected chi connectivity index (χ3v) is 5.70. The monoisotopic (exact) mass is 417 g/mol. The first-order valence-electron chi connectivity index (χ1n) is 9.36. The van der Waals surface area contributed by atoms with Crippen LogP contribution in [0.15, 0.2) is 72.2 Å². The predicted octanol–water partition coefficient (Wildman–Crippen LogP) is 4.94. The smallest absolute Gasteiger partial charge is 0.265 e. The summed E-state index contributed by atoms with van der Waals surface area (Å²) in [5, 5.41) is 2.81. The van der Waals surface area contributed by atoms with Crippen molar-refractivity contribution in [2.24, 2.45) is 0 Å². The van der Waals surface area contributed by atoms with E-state index < -0.39 is 0 Å². The Kier molecular flexibility index (Phi) is 4.72. The van der Waals surface area contributed by atoms with E-state index >= 15 is 0 Å². The Morgan fingerprint density at radius 1 is 1.07 bits per heavy atom. The second-order valence-electron chi connectivity index (χ2n) is 6.83. The highest BCUT2D eigenvalue weighted by atomic mass is 32.1. The molecule has 2 aromatic heterocycles. The van der Waals surface area contributed by atoms with Gasteiger partial charge in [0.15, 0.2) is 6.61 Å². The minimum atomic E-state index is -0.304. The topological polar surface area (TPSA) is 55.3 Å². The number of ether oxygens (including phenoxy) is 1. The van der Waals surface area contributed by atoms with Crippen LogP contribution in [0.2, 0.25) is 0 Å². The van der Waals surface area contributed by atoms with Crippen LogP contribution >= 0.6 is 11.3 Å². The predicted molar refractivity (Wildman–Crippen MR) is 114 cm³/mol. The van der Waals surface area contributed by atoms with Gasteiger partial charge in [-0.3, -0.25) is 9.78 Å². The summed E-state index contributed by atoms with van der Waals surface area (Å²) in [6, 6.07) is 17.6. The van der Waals surface area contributed by atoms with Gasteiger partial charge in [0.25, 0.3) is 5.91 Å². The maximum Gasteiger partial charge on any atom is 0.265 e. The van der Waals surface area contributed by atoms with Crippen molar-refractivity contribution in [1.29, 1.82) is 0 Å². The zero-order valence-electron chi connectivity index (χ0n) is 15.8. The molecule has 148 valence electrons. The van der Waals surface area contributed by atoms with Gasteiger partial charge >= 0.3 is 0 Å². The summed E-state index contributed by atoms with van der Waals surface area (Å²) < 4.78 is 18.8. The van der Waals surface area contributed by atoms with Gasteiger partial charge in [-0.1, -0.05) is 18.2 Å². The normalized spacial score (nSPS) is 13.1. The van der Waals surface area contributed by atoms with Crippen molar-refractivity contribution in [3.05, 3.63) is 83.6 Å². The van der Waals surface area contributed by atoms with Crippen LogP contribution in [0.1, 0.15) is 5.56 Å². The average Bonchev–Trinajstić information content (AvgIpc) is 3.28. The fourth-order valence-electron chi connectivity index (χ4n) is 3.32. The minimum absolute atomic E-state index is 0.0198. The third kappa shape index (κ3) is 3.55. The molecule has 5 rings (SSSR count). The summed E-state index contributed by atoms with van der Waals surface area (Å²) in [6.07, 6.45) is 1.74. The Hall–Kier alpha value is -3.58. The first kappa shape index (κ1) is 18.4. The highest BCUT2D eigenvalue weighted by molar-refractivity contribution is 7.13. The molecule has 0 aliphatic carbocycles. The molecule has 0 unspecified atom stereocenters. The molecule has 2 aromatic carbocycles. The number of amides is 1. The summed E-state index contributed by atoms with van der Waals surface area (Å²) in [6.45, 7) is 0.323. The molecule has 1 amide bonds. The highest BCUT2D eigenvalue weighted by Crippen LogP contribution is 2.37. The standard InChI is InChI=1S/C23H16FN3O2S/c24-17-7-4-15(5-8-17)12-27-20-11-16(6-9-21(20)29-13-22(27)28)19-14-30-23(26-19)18-3-1-2-10-25-18/h1-11,14H,12-13H2. The van der Waals surface area contributed by atoms with Crippen LogP contribution in [-0.2, 0) is 11.3 Å². The van der Waals surface area contributed by atoms with E-state index in [4.69, 9.17) is 9.72 Å². The number of hydrogen-bond acceptors (Lipinski definition) is 5. The van der Waals surface area contributed by atoms with Gasteiger partial charge in [0.2, 0.25) is 0 Å². The number of thiazole rings is 1. The molecule has 1 aliphatic heterocycles. The molecule has 30 heavy (non-hydrogen) atoms. The van der Waals surface area contributed by atoms with Gasteiger partial charge in [0, 0.05) is 17.1 Å². The molecule has 0 atom stereocenters. The molecular weight excluding hydrogens is 401 g/mol. The molecule has 5 nitrogen and oxygen atoms in total. The van der Waals surface area contributed by atoms with E-state index in [0.29, 0.717) is 18.0 Å². The summed E-state index contributed by atoms with van der Waals surface area (Å²) >= 11 is 1.52. The van der Waals surface area contributed by atoms with Crippen LogP contribution in [0.3, 0.4) is 0 Å². The molecule has 0 saturated heterocycles. The Morgan fingerprint density at radius 3 is 2.73 bits per heavy atom. The molecule has 3 heterocycles. The van der Waals surface area contributed by atoms with Crippen molar-refractivity contribution >= 4 is 22.9 Å². The first-order valence-corrected chi connectivity index (χ1v) is 10.2. The SMILES string of the molecule is O=C1COc2ccc(-c3csc(-c4ccccn4)n3)cc2N1Cc1ccc(F)cc1. The average molecular weight is 417 g/mol. The Bertz CT molecular complexity index is 1210. The summed E-state index contributed by atoms with van der Waals surface area (Å²) in [5.74, 6) is 0.194. The van der Waals surface area contributed by atoms with Crippen LogP contribution in [0.5, 0.6) is 5.75 Å². The summed E-state index contributed by atoms with van der Waals surface area (Å²) in [7, 11) is 0. The van der Waals surface area contributed by atoms with Gasteiger partial charge in [-0.2, -0.15) is 0 Å². The summed E-state index contributed by atoms with van der Waals surface area (Å²) in [4.78, 5) is 23.3. The van der Waals surface area contributed by atoms with Gasteiger partial charge in [-0.05, 0) is 48.0 Å². The molecule has 0 spiro atoms. The van der Waals surface area contributed by atoms with Gasteiger partial charge in [-0.15, -0.1) is 11.3 Å². The number of rotatable bonds is 4. The van der Waals surface area contributed by atoms with Crippen LogP contribution < -0.4 is 9.64 Å². The van der Waals surface area contributed by atoms with E-state index in [0.717, 1.165) is 27.5 Å². The lowest BCUT2D eigenvalue weighted by atomic mass is 10.1. The van der Waals surface area contributed by atoms with Gasteiger partial charge < -0.3 is 9.64 Å². The molecule has 0 saturated carbocycles. The number of benzene rings is 2. The van der Waals surface area contributed by atoms with Crippen LogP contribution in [0.4, 0.5) is 10.1 Å². The maximum atomic E-state index is 13.2. The summed E-state index contributed by atoms with van der Waals surface area (Å²) in [5.41, 5.74) is 4.04. The molecule has 0 bridgehead atoms. The zero-order valence-corrected chi connectivity index (χ0v) is 16.6. The lowest BCUT2D eigenvalue weighted by molar-refractivity contribution is -0.121. The number of halogens is 1. The van der Waals surface area contributed by atoms with Crippen molar-refractivity contribution in [2.75, 3.05) is 11.5 Å². The highest BCUT2D eigenvalue weighted by Gasteiger charge is 2.26. The Labute approximate surface area is 176 Å². The van der Waals surface area contributed by atoms with E-state index in [1.54, 1.807) is 23.2 Å². The molecule has 0 radical (unpaired) electrons.